The third kappa shape index (κ3) is 2.43. The van der Waals surface area contributed by atoms with Gasteiger partial charge in [0.1, 0.15) is 11.5 Å². The minimum atomic E-state index is -1.01. The third-order valence-corrected chi connectivity index (χ3v) is 3.73. The van der Waals surface area contributed by atoms with Crippen LogP contribution in [-0.4, -0.2) is 23.9 Å². The van der Waals surface area contributed by atoms with E-state index in [0.717, 1.165) is 5.56 Å². The quantitative estimate of drug-likeness (QED) is 0.667. The number of piperidine rings is 1. The predicted molar refractivity (Wildman–Crippen MR) is 71.7 cm³/mol. The van der Waals surface area contributed by atoms with Gasteiger partial charge in [-0.05, 0) is 18.9 Å². The van der Waals surface area contributed by atoms with Gasteiger partial charge in [-0.3, -0.25) is 19.7 Å². The van der Waals surface area contributed by atoms with E-state index < -0.39 is 23.4 Å². The first kappa shape index (κ1) is 14.2. The molecule has 1 saturated heterocycles. The molecule has 0 saturated carbocycles. The van der Waals surface area contributed by atoms with E-state index in [2.05, 4.69) is 5.32 Å². The minimum Gasteiger partial charge on any atom is -0.461 e. The SMILES string of the molecule is CC(=O)OC(C)C1(c2ccccc2)CCC(=O)NC1=O. The summed E-state index contributed by atoms with van der Waals surface area (Å²) in [7, 11) is 0. The highest BCUT2D eigenvalue weighted by Crippen LogP contribution is 2.37. The number of carbonyl (C=O) groups is 3. The van der Waals surface area contributed by atoms with E-state index in [9.17, 15) is 14.4 Å². The maximum Gasteiger partial charge on any atom is 0.302 e. The summed E-state index contributed by atoms with van der Waals surface area (Å²) in [6.45, 7) is 2.99. The van der Waals surface area contributed by atoms with Crippen molar-refractivity contribution in [2.45, 2.75) is 38.2 Å². The molecule has 1 aliphatic rings. The fraction of sp³-hybridized carbons (Fsp3) is 0.400. The topological polar surface area (TPSA) is 72.5 Å². The van der Waals surface area contributed by atoms with Gasteiger partial charge in [-0.1, -0.05) is 30.3 Å². The lowest BCUT2D eigenvalue weighted by molar-refractivity contribution is -0.154. The Labute approximate surface area is 117 Å². The molecule has 5 heteroatoms. The molecule has 2 amide bonds. The van der Waals surface area contributed by atoms with E-state index >= 15 is 0 Å². The van der Waals surface area contributed by atoms with Crippen molar-refractivity contribution < 1.29 is 19.1 Å². The Kier molecular flexibility index (Phi) is 3.88. The van der Waals surface area contributed by atoms with Crippen LogP contribution in [0.2, 0.25) is 0 Å². The van der Waals surface area contributed by atoms with Crippen LogP contribution in [0.25, 0.3) is 0 Å². The average Bonchev–Trinajstić information content (AvgIpc) is 2.39. The molecule has 106 valence electrons. The number of imide groups is 1. The van der Waals surface area contributed by atoms with E-state index in [1.165, 1.54) is 6.92 Å². The van der Waals surface area contributed by atoms with Gasteiger partial charge in [-0.15, -0.1) is 0 Å². The molecule has 2 atom stereocenters. The smallest absolute Gasteiger partial charge is 0.302 e. The first-order valence-corrected chi connectivity index (χ1v) is 6.54. The summed E-state index contributed by atoms with van der Waals surface area (Å²) >= 11 is 0. The van der Waals surface area contributed by atoms with Gasteiger partial charge in [-0.2, -0.15) is 0 Å². The van der Waals surface area contributed by atoms with Crippen LogP contribution in [0.5, 0.6) is 0 Å². The van der Waals surface area contributed by atoms with Crippen LogP contribution in [0.3, 0.4) is 0 Å². The van der Waals surface area contributed by atoms with Gasteiger partial charge in [0.2, 0.25) is 11.8 Å². The van der Waals surface area contributed by atoms with Gasteiger partial charge in [0.15, 0.2) is 0 Å². The zero-order valence-electron chi connectivity index (χ0n) is 11.5. The number of benzene rings is 1. The second-order valence-electron chi connectivity index (χ2n) is 4.97. The number of carbonyl (C=O) groups excluding carboxylic acids is 3. The maximum absolute atomic E-state index is 12.4. The van der Waals surface area contributed by atoms with Crippen LogP contribution in [-0.2, 0) is 24.5 Å². The van der Waals surface area contributed by atoms with Crippen LogP contribution >= 0.6 is 0 Å². The van der Waals surface area contributed by atoms with Crippen LogP contribution in [0.1, 0.15) is 32.3 Å². The molecule has 1 aromatic carbocycles. The molecule has 0 bridgehead atoms. The van der Waals surface area contributed by atoms with Crippen molar-refractivity contribution in [3.63, 3.8) is 0 Å². The number of nitrogens with one attached hydrogen (secondary N) is 1. The standard InChI is InChI=1S/C15H17NO4/c1-10(20-11(2)17)15(12-6-4-3-5-7-12)9-8-13(18)16-14(15)19/h3-7,10H,8-9H2,1-2H3,(H,16,18,19). The summed E-state index contributed by atoms with van der Waals surface area (Å²) in [6.07, 6.45) is -0.0852. The van der Waals surface area contributed by atoms with Crippen molar-refractivity contribution in [1.29, 1.82) is 0 Å². The van der Waals surface area contributed by atoms with Crippen molar-refractivity contribution >= 4 is 17.8 Å². The van der Waals surface area contributed by atoms with Crippen LogP contribution < -0.4 is 5.32 Å². The van der Waals surface area contributed by atoms with E-state index in [1.54, 1.807) is 6.92 Å². The van der Waals surface area contributed by atoms with Crippen LogP contribution in [0.4, 0.5) is 0 Å². The third-order valence-electron chi connectivity index (χ3n) is 3.73. The van der Waals surface area contributed by atoms with E-state index in [4.69, 9.17) is 4.74 Å². The number of esters is 1. The van der Waals surface area contributed by atoms with E-state index in [1.807, 2.05) is 30.3 Å². The Morgan fingerprint density at radius 2 is 1.95 bits per heavy atom. The van der Waals surface area contributed by atoms with Gasteiger partial charge < -0.3 is 4.74 Å². The zero-order chi connectivity index (χ0) is 14.8. The Bertz CT molecular complexity index is 540. The van der Waals surface area contributed by atoms with Crippen molar-refractivity contribution in [3.8, 4) is 0 Å². The highest BCUT2D eigenvalue weighted by Gasteiger charge is 2.50. The van der Waals surface area contributed by atoms with Crippen molar-refractivity contribution in [2.24, 2.45) is 0 Å². The largest absolute Gasteiger partial charge is 0.461 e. The van der Waals surface area contributed by atoms with Crippen molar-refractivity contribution in [3.05, 3.63) is 35.9 Å². The first-order chi connectivity index (χ1) is 9.46. The number of ether oxygens (including phenoxy) is 1. The summed E-state index contributed by atoms with van der Waals surface area (Å²) in [6, 6.07) is 9.12. The molecule has 1 heterocycles. The molecular formula is C15H17NO4. The maximum atomic E-state index is 12.4. The van der Waals surface area contributed by atoms with Crippen molar-refractivity contribution in [1.82, 2.24) is 5.32 Å². The summed E-state index contributed by atoms with van der Waals surface area (Å²) in [4.78, 5) is 35.0. The summed E-state index contributed by atoms with van der Waals surface area (Å²) in [5.74, 6) is -1.15. The van der Waals surface area contributed by atoms with Gasteiger partial charge in [0.05, 0.1) is 0 Å². The fourth-order valence-electron chi connectivity index (χ4n) is 2.71. The molecule has 2 rings (SSSR count). The molecule has 0 aliphatic carbocycles. The zero-order valence-corrected chi connectivity index (χ0v) is 11.5. The van der Waals surface area contributed by atoms with Gasteiger partial charge in [0, 0.05) is 13.3 Å². The molecule has 20 heavy (non-hydrogen) atoms. The van der Waals surface area contributed by atoms with Gasteiger partial charge in [0.25, 0.3) is 0 Å². The lowest BCUT2D eigenvalue weighted by Crippen LogP contribution is -2.57. The fourth-order valence-corrected chi connectivity index (χ4v) is 2.71. The van der Waals surface area contributed by atoms with Gasteiger partial charge in [-0.25, -0.2) is 0 Å². The second kappa shape index (κ2) is 5.45. The van der Waals surface area contributed by atoms with Crippen LogP contribution in [0, 0.1) is 0 Å². The summed E-state index contributed by atoms with van der Waals surface area (Å²) < 4.78 is 5.24. The van der Waals surface area contributed by atoms with E-state index in [-0.39, 0.29) is 12.3 Å². The molecule has 1 aromatic rings. The Morgan fingerprint density at radius 1 is 1.30 bits per heavy atom. The lowest BCUT2D eigenvalue weighted by Gasteiger charge is -2.39. The van der Waals surface area contributed by atoms with E-state index in [0.29, 0.717) is 6.42 Å². The molecular weight excluding hydrogens is 258 g/mol. The monoisotopic (exact) mass is 275 g/mol. The summed E-state index contributed by atoms with van der Waals surface area (Å²) in [5, 5.41) is 2.35. The number of rotatable bonds is 3. The normalized spacial score (nSPS) is 23.9. The summed E-state index contributed by atoms with van der Waals surface area (Å²) in [5.41, 5.74) is -0.264. The first-order valence-electron chi connectivity index (χ1n) is 6.54. The molecule has 0 spiro atoms. The Hall–Kier alpha value is -2.17. The molecule has 1 fully saturated rings. The number of amides is 2. The lowest BCUT2D eigenvalue weighted by atomic mass is 9.70. The number of hydrogen-bond acceptors (Lipinski definition) is 4. The molecule has 2 unspecified atom stereocenters. The second-order valence-corrected chi connectivity index (χ2v) is 4.97. The number of hydrogen-bond donors (Lipinski definition) is 1. The van der Waals surface area contributed by atoms with Gasteiger partial charge >= 0.3 is 5.97 Å². The molecule has 1 aliphatic heterocycles. The highest BCUT2D eigenvalue weighted by molar-refractivity contribution is 6.04. The van der Waals surface area contributed by atoms with Crippen LogP contribution in [0.15, 0.2) is 30.3 Å². The molecule has 0 radical (unpaired) electrons. The Morgan fingerprint density at radius 3 is 2.50 bits per heavy atom. The minimum absolute atomic E-state index is 0.228. The molecule has 5 nitrogen and oxygen atoms in total. The molecule has 1 N–H and O–H groups in total. The predicted octanol–water partition coefficient (Wildman–Crippen LogP) is 1.31. The Balaban J connectivity index is 2.46. The highest BCUT2D eigenvalue weighted by atomic mass is 16.5. The average molecular weight is 275 g/mol. The van der Waals surface area contributed by atoms with Crippen molar-refractivity contribution in [2.75, 3.05) is 0 Å². The molecule has 0 aromatic heterocycles.